The summed E-state index contributed by atoms with van der Waals surface area (Å²) in [5.74, 6) is -2.29. The van der Waals surface area contributed by atoms with Crippen molar-refractivity contribution in [2.45, 2.75) is 49.9 Å². The van der Waals surface area contributed by atoms with E-state index in [0.717, 1.165) is 24.3 Å². The first-order valence-electron chi connectivity index (χ1n) is 15.0. The van der Waals surface area contributed by atoms with E-state index in [1.807, 2.05) is 0 Å². The Morgan fingerprint density at radius 2 is 0.940 bits per heavy atom. The highest BCUT2D eigenvalue weighted by Gasteiger charge is 2.34. The van der Waals surface area contributed by atoms with Crippen LogP contribution in [0.4, 0.5) is 26.3 Å². The molecule has 2 aromatic carbocycles. The van der Waals surface area contributed by atoms with Gasteiger partial charge in [0, 0.05) is 24.0 Å². The van der Waals surface area contributed by atoms with Gasteiger partial charge in [-0.15, -0.1) is 0 Å². The number of esters is 2. The Morgan fingerprint density at radius 3 is 1.20 bits per heavy atom. The second-order valence-corrected chi connectivity index (χ2v) is 13.0. The minimum Gasteiger partial charge on any atom is -0.486 e. The van der Waals surface area contributed by atoms with E-state index in [2.05, 4.69) is 0 Å². The number of thiophene rings is 2. The molecule has 0 aliphatic heterocycles. The van der Waals surface area contributed by atoms with E-state index in [-0.39, 0.29) is 24.3 Å². The summed E-state index contributed by atoms with van der Waals surface area (Å²) in [5, 5.41) is 7.16. The van der Waals surface area contributed by atoms with E-state index < -0.39 is 60.1 Å². The van der Waals surface area contributed by atoms with E-state index in [1.165, 1.54) is 56.7 Å². The van der Waals surface area contributed by atoms with Crippen LogP contribution in [0.25, 0.3) is 0 Å². The summed E-state index contributed by atoms with van der Waals surface area (Å²) in [5.41, 5.74) is -0.306. The van der Waals surface area contributed by atoms with Crippen molar-refractivity contribution >= 4 is 34.6 Å². The first-order chi connectivity index (χ1) is 23.5. The molecule has 0 amide bonds. The van der Waals surface area contributed by atoms with Gasteiger partial charge in [0.25, 0.3) is 0 Å². The molecule has 4 atom stereocenters. The molecule has 2 aromatic heterocycles. The Labute approximate surface area is 292 Å². The van der Waals surface area contributed by atoms with Crippen LogP contribution >= 0.6 is 22.7 Å². The summed E-state index contributed by atoms with van der Waals surface area (Å²) in [7, 11) is 6.44. The lowest BCUT2D eigenvalue weighted by atomic mass is 10.1. The molecule has 4 rings (SSSR count). The minimum absolute atomic E-state index is 0.00207. The first kappa shape index (κ1) is 38.7. The van der Waals surface area contributed by atoms with E-state index in [4.69, 9.17) is 18.9 Å². The Kier molecular flexibility index (Phi) is 12.9. The highest BCUT2D eigenvalue weighted by molar-refractivity contribution is 7.08. The smallest absolute Gasteiger partial charge is 0.419 e. The monoisotopic (exact) mass is 744 g/mol. The molecule has 4 aromatic rings. The normalized spacial score (nSPS) is 14.6. The van der Waals surface area contributed by atoms with Crippen molar-refractivity contribution in [2.24, 2.45) is 0 Å². The second kappa shape index (κ2) is 16.7. The SMILES string of the molecule is CN(C)C(CC(Oc1ccc(C(F)(F)F)cc1)c1ccsc1)OC(=O)C(=O)OC(CC(Oc1ccc(C(F)(F)F)cc1)c1ccsc1)N(C)C. The molecule has 0 saturated heterocycles. The average Bonchev–Trinajstić information content (AvgIpc) is 3.78. The third kappa shape index (κ3) is 10.9. The summed E-state index contributed by atoms with van der Waals surface area (Å²) in [6.07, 6.45) is -12.6. The lowest BCUT2D eigenvalue weighted by Gasteiger charge is -2.30. The standard InChI is InChI=1S/C34H34F6N2O6S2/c1-41(2)29(17-27(21-13-15-49-19-21)45-25-9-5-23(6-10-25)33(35,36)37)47-31(43)32(44)48-30(42(3)4)18-28(22-14-16-50-20-22)46-26-11-7-24(8-12-26)34(38,39)40/h5-16,19-20,27-30H,17-18H2,1-4H3. The molecule has 4 unspecified atom stereocenters. The molecule has 0 fully saturated rings. The molecule has 16 heteroatoms. The number of carbonyl (C=O) groups is 2. The zero-order valence-corrected chi connectivity index (χ0v) is 28.9. The van der Waals surface area contributed by atoms with Gasteiger partial charge < -0.3 is 18.9 Å². The van der Waals surface area contributed by atoms with Gasteiger partial charge in [-0.2, -0.15) is 49.0 Å². The van der Waals surface area contributed by atoms with Crippen LogP contribution in [0.3, 0.4) is 0 Å². The van der Waals surface area contributed by atoms with Gasteiger partial charge in [0.05, 0.1) is 11.1 Å². The number of hydrogen-bond donors (Lipinski definition) is 0. The van der Waals surface area contributed by atoms with Gasteiger partial charge in [-0.3, -0.25) is 9.80 Å². The van der Waals surface area contributed by atoms with E-state index in [9.17, 15) is 35.9 Å². The Morgan fingerprint density at radius 1 is 0.600 bits per heavy atom. The fourth-order valence-electron chi connectivity index (χ4n) is 4.63. The summed E-state index contributed by atoms with van der Waals surface area (Å²) < 4.78 is 102. The first-order valence-corrected chi connectivity index (χ1v) is 16.9. The third-order valence-electron chi connectivity index (χ3n) is 7.39. The van der Waals surface area contributed by atoms with E-state index in [1.54, 1.807) is 61.8 Å². The van der Waals surface area contributed by atoms with Crippen molar-refractivity contribution in [3.63, 3.8) is 0 Å². The van der Waals surface area contributed by atoms with Crippen LogP contribution < -0.4 is 9.47 Å². The van der Waals surface area contributed by atoms with Gasteiger partial charge in [-0.25, -0.2) is 9.59 Å². The summed E-state index contributed by atoms with van der Waals surface area (Å²) in [6.45, 7) is 0. The zero-order valence-electron chi connectivity index (χ0n) is 27.2. The van der Waals surface area contributed by atoms with Crippen LogP contribution in [0.15, 0.2) is 82.2 Å². The predicted molar refractivity (Wildman–Crippen MR) is 175 cm³/mol. The highest BCUT2D eigenvalue weighted by atomic mass is 32.1. The average molecular weight is 745 g/mol. The number of carbonyl (C=O) groups excluding carboxylic acids is 2. The maximum absolute atomic E-state index is 13.1. The lowest BCUT2D eigenvalue weighted by molar-refractivity contribution is -0.185. The fraction of sp³-hybridized carbons (Fsp3) is 0.353. The molecule has 8 nitrogen and oxygen atoms in total. The number of ether oxygens (including phenoxy) is 4. The third-order valence-corrected chi connectivity index (χ3v) is 8.79. The van der Waals surface area contributed by atoms with Crippen molar-refractivity contribution in [3.05, 3.63) is 104 Å². The van der Waals surface area contributed by atoms with Crippen molar-refractivity contribution in [3.8, 4) is 11.5 Å². The number of hydrogen-bond acceptors (Lipinski definition) is 10. The van der Waals surface area contributed by atoms with E-state index >= 15 is 0 Å². The molecular formula is C34H34F6N2O6S2. The molecule has 0 bridgehead atoms. The molecule has 270 valence electrons. The summed E-state index contributed by atoms with van der Waals surface area (Å²) >= 11 is 2.74. The van der Waals surface area contributed by atoms with Crippen LogP contribution in [0.1, 0.15) is 47.3 Å². The van der Waals surface area contributed by atoms with Crippen LogP contribution in [-0.4, -0.2) is 62.4 Å². The quantitative estimate of drug-likeness (QED) is 0.0552. The van der Waals surface area contributed by atoms with Gasteiger partial charge in [0.2, 0.25) is 0 Å². The number of rotatable bonds is 14. The number of nitrogens with zero attached hydrogens (tertiary/aromatic N) is 2. The molecule has 0 aliphatic carbocycles. The molecular weight excluding hydrogens is 711 g/mol. The molecule has 0 spiro atoms. The van der Waals surface area contributed by atoms with Gasteiger partial charge >= 0.3 is 24.3 Å². The summed E-state index contributed by atoms with van der Waals surface area (Å²) in [4.78, 5) is 29.2. The number of halogens is 6. The van der Waals surface area contributed by atoms with E-state index in [0.29, 0.717) is 11.1 Å². The number of benzene rings is 2. The Bertz CT molecular complexity index is 1520. The molecule has 2 heterocycles. The Hall–Kier alpha value is -4.12. The zero-order chi connectivity index (χ0) is 36.6. The van der Waals surface area contributed by atoms with Gasteiger partial charge in [-0.05, 0) is 110 Å². The van der Waals surface area contributed by atoms with Crippen LogP contribution in [0.5, 0.6) is 11.5 Å². The van der Waals surface area contributed by atoms with Crippen molar-refractivity contribution in [1.82, 2.24) is 9.80 Å². The predicted octanol–water partition coefficient (Wildman–Crippen LogP) is 8.43. The van der Waals surface area contributed by atoms with Crippen LogP contribution in [0.2, 0.25) is 0 Å². The maximum atomic E-state index is 13.1. The molecule has 0 aliphatic rings. The van der Waals surface area contributed by atoms with Gasteiger partial charge in [0.1, 0.15) is 23.7 Å². The molecule has 50 heavy (non-hydrogen) atoms. The van der Waals surface area contributed by atoms with Gasteiger partial charge in [-0.1, -0.05) is 0 Å². The van der Waals surface area contributed by atoms with Gasteiger partial charge in [0.15, 0.2) is 12.5 Å². The van der Waals surface area contributed by atoms with Crippen molar-refractivity contribution in [1.29, 1.82) is 0 Å². The lowest BCUT2D eigenvalue weighted by Crippen LogP contribution is -2.41. The molecule has 0 saturated carbocycles. The molecule has 0 N–H and O–H groups in total. The van der Waals surface area contributed by atoms with Crippen molar-refractivity contribution < 1.29 is 54.9 Å². The molecule has 0 radical (unpaired) electrons. The largest absolute Gasteiger partial charge is 0.486 e. The Balaban J connectivity index is 1.44. The van der Waals surface area contributed by atoms with Crippen molar-refractivity contribution in [2.75, 3.05) is 28.2 Å². The minimum atomic E-state index is -4.51. The summed E-state index contributed by atoms with van der Waals surface area (Å²) in [6, 6.07) is 11.9. The van der Waals surface area contributed by atoms with Crippen LogP contribution in [0, 0.1) is 0 Å². The van der Waals surface area contributed by atoms with Crippen LogP contribution in [-0.2, 0) is 31.4 Å². The number of alkyl halides is 6. The topological polar surface area (TPSA) is 77.5 Å². The highest BCUT2D eigenvalue weighted by Crippen LogP contribution is 2.35. The maximum Gasteiger partial charge on any atom is 0.419 e. The fourth-order valence-corrected chi connectivity index (χ4v) is 6.04. The second-order valence-electron chi connectivity index (χ2n) is 11.5.